The first-order valence-electron chi connectivity index (χ1n) is 4.61. The first kappa shape index (κ1) is 11.5. The van der Waals surface area contributed by atoms with E-state index in [4.69, 9.17) is 5.11 Å². The number of rotatable bonds is 3. The van der Waals surface area contributed by atoms with E-state index in [1.807, 2.05) is 0 Å². The van der Waals surface area contributed by atoms with Crippen molar-refractivity contribution in [2.45, 2.75) is 5.75 Å². The first-order chi connectivity index (χ1) is 7.85. The Balaban J connectivity index is 2.47. The molecule has 0 fully saturated rings. The average molecular weight is 255 g/mol. The van der Waals surface area contributed by atoms with Crippen molar-refractivity contribution in [2.75, 3.05) is 6.26 Å². The third-order valence-electron chi connectivity index (χ3n) is 2.01. The van der Waals surface area contributed by atoms with Crippen LogP contribution in [0.1, 0.15) is 16.2 Å². The van der Waals surface area contributed by atoms with Crippen molar-refractivity contribution >= 4 is 21.5 Å². The van der Waals surface area contributed by atoms with Crippen LogP contribution in [0.4, 0.5) is 0 Å². The van der Waals surface area contributed by atoms with E-state index in [9.17, 15) is 13.2 Å². The molecule has 1 N–H and O–H groups in total. The Morgan fingerprint density at radius 3 is 2.76 bits per heavy atom. The molecule has 2 aromatic heterocycles. The van der Waals surface area contributed by atoms with E-state index < -0.39 is 15.8 Å². The van der Waals surface area contributed by atoms with Gasteiger partial charge in [-0.15, -0.1) is 0 Å². The average Bonchev–Trinajstić information content (AvgIpc) is 2.54. The number of carbonyl (C=O) groups is 1. The van der Waals surface area contributed by atoms with Gasteiger partial charge in [-0.05, 0) is 12.1 Å². The van der Waals surface area contributed by atoms with Crippen molar-refractivity contribution in [3.8, 4) is 0 Å². The second-order valence-electron chi connectivity index (χ2n) is 3.62. The van der Waals surface area contributed by atoms with Gasteiger partial charge in [0.05, 0.1) is 5.56 Å². The van der Waals surface area contributed by atoms with Crippen LogP contribution < -0.4 is 0 Å². The lowest BCUT2D eigenvalue weighted by molar-refractivity contribution is 0.0696. The van der Waals surface area contributed by atoms with Crippen LogP contribution in [-0.2, 0) is 15.6 Å². The number of aromatic carboxylic acids is 1. The fourth-order valence-corrected chi connectivity index (χ4v) is 1.94. The van der Waals surface area contributed by atoms with Crippen molar-refractivity contribution in [2.24, 2.45) is 0 Å². The lowest BCUT2D eigenvalue weighted by Crippen LogP contribution is -2.03. The van der Waals surface area contributed by atoms with Gasteiger partial charge >= 0.3 is 5.97 Å². The molecule has 0 bridgehead atoms. The number of hydrogen-bond acceptors (Lipinski definition) is 5. The van der Waals surface area contributed by atoms with Crippen molar-refractivity contribution in [3.05, 3.63) is 29.7 Å². The molecule has 2 rings (SSSR count). The summed E-state index contributed by atoms with van der Waals surface area (Å²) >= 11 is 0. The van der Waals surface area contributed by atoms with Gasteiger partial charge in [0.1, 0.15) is 5.75 Å². The molecule has 0 saturated heterocycles. The zero-order valence-corrected chi connectivity index (χ0v) is 9.68. The molecule has 0 aliphatic heterocycles. The highest BCUT2D eigenvalue weighted by molar-refractivity contribution is 7.89. The summed E-state index contributed by atoms with van der Waals surface area (Å²) in [6.07, 6.45) is 2.37. The van der Waals surface area contributed by atoms with Crippen molar-refractivity contribution < 1.29 is 18.3 Å². The van der Waals surface area contributed by atoms with Crippen molar-refractivity contribution in [1.82, 2.24) is 14.6 Å². The molecule has 17 heavy (non-hydrogen) atoms. The maximum atomic E-state index is 11.1. The molecular formula is C9H9N3O4S. The minimum absolute atomic E-state index is 0.0632. The van der Waals surface area contributed by atoms with Gasteiger partial charge in [-0.25, -0.2) is 22.7 Å². The summed E-state index contributed by atoms with van der Waals surface area (Å²) in [6, 6.07) is 2.86. The van der Waals surface area contributed by atoms with Crippen LogP contribution in [0.5, 0.6) is 0 Å². The van der Waals surface area contributed by atoms with Crippen LogP contribution in [0.2, 0.25) is 0 Å². The highest BCUT2D eigenvalue weighted by Gasteiger charge is 2.11. The predicted molar refractivity (Wildman–Crippen MR) is 58.5 cm³/mol. The van der Waals surface area contributed by atoms with Crippen LogP contribution in [0.3, 0.4) is 0 Å². The Morgan fingerprint density at radius 2 is 2.18 bits per heavy atom. The molecule has 0 aliphatic carbocycles. The highest BCUT2D eigenvalue weighted by Crippen LogP contribution is 2.07. The fourth-order valence-electron chi connectivity index (χ4n) is 1.35. The number of fused-ring (bicyclic) bond motifs is 1. The van der Waals surface area contributed by atoms with E-state index in [0.717, 1.165) is 6.26 Å². The van der Waals surface area contributed by atoms with Gasteiger partial charge in [0.2, 0.25) is 0 Å². The summed E-state index contributed by atoms with van der Waals surface area (Å²) < 4.78 is 23.4. The second kappa shape index (κ2) is 3.81. The zero-order valence-electron chi connectivity index (χ0n) is 8.86. The molecule has 0 amide bonds. The van der Waals surface area contributed by atoms with Crippen LogP contribution in [-0.4, -0.2) is 40.3 Å². The van der Waals surface area contributed by atoms with Crippen molar-refractivity contribution in [1.29, 1.82) is 0 Å². The summed E-state index contributed by atoms with van der Waals surface area (Å²) in [6.45, 7) is 0. The summed E-state index contributed by atoms with van der Waals surface area (Å²) in [5.74, 6) is -1.20. The molecule has 0 spiro atoms. The normalized spacial score (nSPS) is 11.8. The van der Waals surface area contributed by atoms with E-state index in [0.29, 0.717) is 5.65 Å². The van der Waals surface area contributed by atoms with Crippen molar-refractivity contribution in [3.63, 3.8) is 0 Å². The van der Waals surface area contributed by atoms with Gasteiger partial charge in [0, 0.05) is 12.5 Å². The maximum absolute atomic E-state index is 11.1. The third-order valence-corrected chi connectivity index (χ3v) is 2.80. The molecule has 0 saturated carbocycles. The number of pyridine rings is 1. The number of aromatic nitrogens is 3. The number of sulfone groups is 1. The number of carboxylic acids is 1. The Bertz CT molecular complexity index is 689. The van der Waals surface area contributed by atoms with E-state index in [1.165, 1.54) is 22.8 Å². The summed E-state index contributed by atoms with van der Waals surface area (Å²) in [7, 11) is -3.21. The quantitative estimate of drug-likeness (QED) is 0.826. The largest absolute Gasteiger partial charge is 0.478 e. The van der Waals surface area contributed by atoms with E-state index in [-0.39, 0.29) is 17.1 Å². The lowest BCUT2D eigenvalue weighted by Gasteiger charge is -1.93. The smallest absolute Gasteiger partial charge is 0.337 e. The number of nitrogens with zero attached hydrogens (tertiary/aromatic N) is 3. The number of hydrogen-bond donors (Lipinski definition) is 1. The molecular weight excluding hydrogens is 246 g/mol. The molecule has 0 unspecified atom stereocenters. The first-order valence-corrected chi connectivity index (χ1v) is 6.67. The van der Waals surface area contributed by atoms with Crippen LogP contribution in [0, 0.1) is 0 Å². The Morgan fingerprint density at radius 1 is 1.47 bits per heavy atom. The Labute approximate surface area is 96.6 Å². The molecule has 0 aromatic carbocycles. The Hall–Kier alpha value is -1.96. The van der Waals surface area contributed by atoms with Crippen LogP contribution in [0.15, 0.2) is 18.3 Å². The Kier molecular flexibility index (Phi) is 2.58. The molecule has 0 radical (unpaired) electrons. The molecule has 0 aliphatic rings. The summed E-state index contributed by atoms with van der Waals surface area (Å²) in [5, 5.41) is 12.7. The summed E-state index contributed by atoms with van der Waals surface area (Å²) in [4.78, 5) is 14.7. The van der Waals surface area contributed by atoms with Gasteiger partial charge in [-0.2, -0.15) is 5.10 Å². The van der Waals surface area contributed by atoms with Gasteiger partial charge in [0.25, 0.3) is 0 Å². The lowest BCUT2D eigenvalue weighted by atomic mass is 10.3. The molecule has 2 heterocycles. The van der Waals surface area contributed by atoms with Crippen LogP contribution >= 0.6 is 0 Å². The van der Waals surface area contributed by atoms with Gasteiger partial charge in [-0.1, -0.05) is 0 Å². The minimum Gasteiger partial charge on any atom is -0.478 e. The second-order valence-corrected chi connectivity index (χ2v) is 5.76. The van der Waals surface area contributed by atoms with E-state index in [1.54, 1.807) is 0 Å². The molecule has 90 valence electrons. The summed E-state index contributed by atoms with van der Waals surface area (Å²) in [5.41, 5.74) is 0.474. The highest BCUT2D eigenvalue weighted by atomic mass is 32.2. The number of carboxylic acid groups (broad SMARTS) is 1. The predicted octanol–water partition coefficient (Wildman–Crippen LogP) is -0.0279. The SMILES string of the molecule is CS(=O)(=O)Cc1nc2ccc(C(=O)O)cn2n1. The molecule has 0 atom stereocenters. The van der Waals surface area contributed by atoms with Gasteiger partial charge < -0.3 is 5.11 Å². The topological polar surface area (TPSA) is 102 Å². The molecule has 8 heteroatoms. The molecule has 2 aromatic rings. The van der Waals surface area contributed by atoms with Crippen LogP contribution in [0.25, 0.3) is 5.65 Å². The maximum Gasteiger partial charge on any atom is 0.337 e. The zero-order chi connectivity index (χ0) is 12.6. The third kappa shape index (κ3) is 2.59. The van der Waals surface area contributed by atoms with E-state index >= 15 is 0 Å². The van der Waals surface area contributed by atoms with Gasteiger partial charge in [0.15, 0.2) is 21.3 Å². The minimum atomic E-state index is -3.21. The fraction of sp³-hybridized carbons (Fsp3) is 0.222. The standard InChI is InChI=1S/C9H9N3O4S/c1-17(15,16)5-7-10-8-3-2-6(9(13)14)4-12(8)11-7/h2-4H,5H2,1H3,(H,13,14). The molecule has 7 nitrogen and oxygen atoms in total. The van der Waals surface area contributed by atoms with Gasteiger partial charge in [-0.3, -0.25) is 0 Å². The monoisotopic (exact) mass is 255 g/mol. The van der Waals surface area contributed by atoms with E-state index in [2.05, 4.69) is 10.1 Å².